The molecule has 4 N–H and O–H groups in total. The summed E-state index contributed by atoms with van der Waals surface area (Å²) in [4.78, 5) is 46.3. The third-order valence-electron chi connectivity index (χ3n) is 4.36. The van der Waals surface area contributed by atoms with Crippen LogP contribution in [0.4, 0.5) is 0 Å². The molecule has 0 aromatic carbocycles. The summed E-state index contributed by atoms with van der Waals surface area (Å²) in [6.07, 6.45) is 0.886. The van der Waals surface area contributed by atoms with Gasteiger partial charge in [-0.2, -0.15) is 0 Å². The lowest BCUT2D eigenvalue weighted by molar-refractivity contribution is -0.146. The number of ketones is 1. The van der Waals surface area contributed by atoms with Gasteiger partial charge in [0.1, 0.15) is 19.0 Å². The summed E-state index contributed by atoms with van der Waals surface area (Å²) >= 11 is 0. The Hall–Kier alpha value is -2.12. The van der Waals surface area contributed by atoms with Crippen LogP contribution in [0.3, 0.4) is 0 Å². The zero-order valence-corrected chi connectivity index (χ0v) is 21.5. The summed E-state index contributed by atoms with van der Waals surface area (Å²) in [5.41, 5.74) is 5.74. The molecule has 12 nitrogen and oxygen atoms in total. The molecule has 0 heterocycles. The van der Waals surface area contributed by atoms with Gasteiger partial charge in [0.15, 0.2) is 0 Å². The number of ether oxygens (including phenoxy) is 5. The number of Topliss-reactive ketones (excluding diaryl/α,β-unsaturated/α-hetero) is 1. The van der Waals surface area contributed by atoms with E-state index in [1.807, 2.05) is 20.8 Å². The van der Waals surface area contributed by atoms with Crippen molar-refractivity contribution >= 4 is 23.6 Å². The molecule has 12 heteroatoms. The molecule has 0 saturated heterocycles. The lowest BCUT2D eigenvalue weighted by atomic mass is 9.87. The molecular formula is C23H43N3O9. The number of carbonyl (C=O) groups excluding carboxylic acids is 4. The van der Waals surface area contributed by atoms with Crippen LogP contribution in [0, 0.1) is 5.41 Å². The van der Waals surface area contributed by atoms with Crippen molar-refractivity contribution in [2.45, 2.75) is 46.1 Å². The van der Waals surface area contributed by atoms with Gasteiger partial charge in [-0.25, -0.2) is 4.79 Å². The molecule has 0 aromatic rings. The Morgan fingerprint density at radius 3 is 1.83 bits per heavy atom. The molecule has 204 valence electrons. The second-order valence-corrected chi connectivity index (χ2v) is 8.95. The van der Waals surface area contributed by atoms with Gasteiger partial charge >= 0.3 is 5.97 Å². The highest BCUT2D eigenvalue weighted by Crippen LogP contribution is 2.20. The van der Waals surface area contributed by atoms with Crippen LogP contribution in [0.1, 0.15) is 40.0 Å². The molecule has 0 saturated carbocycles. The Kier molecular flexibility index (Phi) is 18.9. The number of hydrogen-bond donors (Lipinski definition) is 3. The van der Waals surface area contributed by atoms with E-state index in [2.05, 4.69) is 15.4 Å². The van der Waals surface area contributed by atoms with Crippen molar-refractivity contribution in [3.8, 4) is 0 Å². The van der Waals surface area contributed by atoms with Crippen LogP contribution in [-0.2, 0) is 42.9 Å². The van der Waals surface area contributed by atoms with E-state index in [1.54, 1.807) is 0 Å². The largest absolute Gasteiger partial charge is 0.467 e. The average Bonchev–Trinajstić information content (AvgIpc) is 2.79. The molecule has 0 fully saturated rings. The van der Waals surface area contributed by atoms with Crippen molar-refractivity contribution in [2.75, 3.05) is 73.1 Å². The number of carbonyl (C=O) groups is 4. The van der Waals surface area contributed by atoms with Crippen LogP contribution in [0.2, 0.25) is 0 Å². The predicted molar refractivity (Wildman–Crippen MR) is 128 cm³/mol. The minimum Gasteiger partial charge on any atom is -0.467 e. The predicted octanol–water partition coefficient (Wildman–Crippen LogP) is -0.429. The summed E-state index contributed by atoms with van der Waals surface area (Å²) < 4.78 is 25.2. The molecule has 0 bridgehead atoms. The van der Waals surface area contributed by atoms with Crippen LogP contribution in [-0.4, -0.2) is 103 Å². The first-order chi connectivity index (χ1) is 16.5. The van der Waals surface area contributed by atoms with Crippen LogP contribution in [0.5, 0.6) is 0 Å². The van der Waals surface area contributed by atoms with Gasteiger partial charge in [-0.05, 0) is 11.8 Å². The fraction of sp³-hybridized carbons (Fsp3) is 0.826. The third-order valence-corrected chi connectivity index (χ3v) is 4.36. The first-order valence-corrected chi connectivity index (χ1v) is 11.7. The van der Waals surface area contributed by atoms with Gasteiger partial charge in [-0.3, -0.25) is 14.4 Å². The first kappa shape index (κ1) is 32.9. The number of amides is 2. The van der Waals surface area contributed by atoms with Crippen molar-refractivity contribution in [1.29, 1.82) is 0 Å². The highest BCUT2D eigenvalue weighted by atomic mass is 16.6. The average molecular weight is 506 g/mol. The number of hydrogen-bond acceptors (Lipinski definition) is 10. The van der Waals surface area contributed by atoms with Crippen LogP contribution >= 0.6 is 0 Å². The molecule has 0 aliphatic rings. The van der Waals surface area contributed by atoms with Gasteiger partial charge in [-0.15, -0.1) is 0 Å². The summed E-state index contributed by atoms with van der Waals surface area (Å²) in [7, 11) is 1.28. The Labute approximate surface area is 207 Å². The SMILES string of the molecule is COC(=O)COCCOCCNC(=O)COCCOCCNC(=O)CC[C@H](N)C(=O)CC(C)(C)C. The number of nitrogens with two attached hydrogens (primary N) is 1. The van der Waals surface area contributed by atoms with E-state index in [4.69, 9.17) is 24.7 Å². The smallest absolute Gasteiger partial charge is 0.331 e. The van der Waals surface area contributed by atoms with Gasteiger partial charge in [0.25, 0.3) is 0 Å². The van der Waals surface area contributed by atoms with Crippen molar-refractivity contribution in [1.82, 2.24) is 10.6 Å². The number of rotatable bonds is 21. The van der Waals surface area contributed by atoms with E-state index in [1.165, 1.54) is 7.11 Å². The lowest BCUT2D eigenvalue weighted by Crippen LogP contribution is -2.35. The molecule has 2 amide bonds. The Morgan fingerprint density at radius 1 is 0.771 bits per heavy atom. The topological polar surface area (TPSA) is 165 Å². The van der Waals surface area contributed by atoms with Gasteiger partial charge < -0.3 is 40.1 Å². The zero-order chi connectivity index (χ0) is 26.5. The van der Waals surface area contributed by atoms with E-state index < -0.39 is 12.0 Å². The molecular weight excluding hydrogens is 462 g/mol. The van der Waals surface area contributed by atoms with Gasteiger partial charge in [0.05, 0.1) is 52.8 Å². The Balaban J connectivity index is 3.50. The molecule has 0 unspecified atom stereocenters. The zero-order valence-electron chi connectivity index (χ0n) is 21.5. The Morgan fingerprint density at radius 2 is 1.29 bits per heavy atom. The second kappa shape index (κ2) is 20.1. The first-order valence-electron chi connectivity index (χ1n) is 11.7. The molecule has 0 spiro atoms. The van der Waals surface area contributed by atoms with Crippen molar-refractivity contribution in [3.63, 3.8) is 0 Å². The summed E-state index contributed by atoms with van der Waals surface area (Å²) in [5.74, 6) is -0.942. The van der Waals surface area contributed by atoms with Crippen LogP contribution < -0.4 is 16.4 Å². The maximum atomic E-state index is 12.0. The lowest BCUT2D eigenvalue weighted by Gasteiger charge is -2.19. The highest BCUT2D eigenvalue weighted by molar-refractivity contribution is 5.85. The van der Waals surface area contributed by atoms with Crippen LogP contribution in [0.25, 0.3) is 0 Å². The fourth-order valence-electron chi connectivity index (χ4n) is 2.59. The summed E-state index contributed by atoms with van der Waals surface area (Å²) in [6.45, 7) is 8.02. The number of nitrogens with one attached hydrogen (secondary N) is 2. The molecule has 0 radical (unpaired) electrons. The minimum absolute atomic E-state index is 0.0326. The normalized spacial score (nSPS) is 12.1. The van der Waals surface area contributed by atoms with Crippen molar-refractivity contribution in [3.05, 3.63) is 0 Å². The number of esters is 1. The van der Waals surface area contributed by atoms with Gasteiger partial charge in [0, 0.05) is 25.9 Å². The van der Waals surface area contributed by atoms with Gasteiger partial charge in [-0.1, -0.05) is 20.8 Å². The molecule has 0 rings (SSSR count). The van der Waals surface area contributed by atoms with E-state index in [0.29, 0.717) is 45.8 Å². The van der Waals surface area contributed by atoms with Crippen molar-refractivity contribution in [2.24, 2.45) is 11.1 Å². The standard InChI is InChI=1S/C23H43N3O9/c1-23(2,3)15-19(27)18(24)5-6-20(28)25-7-9-32-11-13-34-16-21(29)26-8-10-33-12-14-35-17-22(30)31-4/h18H,5-17,24H2,1-4H3,(H,25,28)(H,26,29)/t18-/m0/s1. The summed E-state index contributed by atoms with van der Waals surface area (Å²) in [6, 6.07) is -0.628. The third kappa shape index (κ3) is 22.1. The van der Waals surface area contributed by atoms with Gasteiger partial charge in [0.2, 0.25) is 11.8 Å². The molecule has 1 atom stereocenters. The fourth-order valence-corrected chi connectivity index (χ4v) is 2.59. The monoisotopic (exact) mass is 505 g/mol. The van der Waals surface area contributed by atoms with E-state index in [-0.39, 0.29) is 62.5 Å². The van der Waals surface area contributed by atoms with Crippen LogP contribution in [0.15, 0.2) is 0 Å². The Bertz CT molecular complexity index is 624. The molecule has 0 aliphatic heterocycles. The molecule has 35 heavy (non-hydrogen) atoms. The van der Waals surface area contributed by atoms with E-state index >= 15 is 0 Å². The van der Waals surface area contributed by atoms with Crippen molar-refractivity contribution < 1.29 is 42.9 Å². The molecule has 0 aliphatic carbocycles. The molecule has 0 aromatic heterocycles. The highest BCUT2D eigenvalue weighted by Gasteiger charge is 2.21. The van der Waals surface area contributed by atoms with E-state index in [0.717, 1.165) is 0 Å². The summed E-state index contributed by atoms with van der Waals surface area (Å²) in [5, 5.41) is 5.35. The quantitative estimate of drug-likeness (QED) is 0.138. The number of methoxy groups -OCH3 is 1. The maximum absolute atomic E-state index is 12.0. The second-order valence-electron chi connectivity index (χ2n) is 8.95. The van der Waals surface area contributed by atoms with E-state index in [9.17, 15) is 19.2 Å². The maximum Gasteiger partial charge on any atom is 0.331 e. The minimum atomic E-state index is -0.628.